The van der Waals surface area contributed by atoms with Crippen molar-refractivity contribution in [3.05, 3.63) is 34.8 Å². The van der Waals surface area contributed by atoms with Gasteiger partial charge in [0.1, 0.15) is 0 Å². The van der Waals surface area contributed by atoms with Crippen molar-refractivity contribution >= 4 is 28.6 Å². The number of carbonyl (C=O) groups is 1. The molecule has 0 aliphatic rings. The van der Waals surface area contributed by atoms with Gasteiger partial charge in [-0.2, -0.15) is 0 Å². The largest absolute Gasteiger partial charge is 0.481 e. The lowest BCUT2D eigenvalue weighted by Gasteiger charge is -1.90. The first-order valence-corrected chi connectivity index (χ1v) is 7.18. The summed E-state index contributed by atoms with van der Waals surface area (Å²) in [6, 6.07) is 3.74. The maximum atomic E-state index is 10.7. The van der Waals surface area contributed by atoms with Gasteiger partial charge in [0.25, 0.3) is 0 Å². The van der Waals surface area contributed by atoms with E-state index in [4.69, 9.17) is 5.11 Å². The summed E-state index contributed by atoms with van der Waals surface area (Å²) >= 11 is 2.97. The van der Waals surface area contributed by atoms with Crippen LogP contribution in [0, 0.1) is 0 Å². The van der Waals surface area contributed by atoms with Crippen molar-refractivity contribution in [3.8, 4) is 21.4 Å². The molecule has 19 heavy (non-hydrogen) atoms. The Bertz CT molecular complexity index is 700. The van der Waals surface area contributed by atoms with Crippen LogP contribution in [0.1, 0.15) is 4.88 Å². The van der Waals surface area contributed by atoms with E-state index in [-0.39, 0.29) is 6.42 Å². The summed E-state index contributed by atoms with van der Waals surface area (Å²) in [7, 11) is 0. The Morgan fingerprint density at radius 3 is 3.05 bits per heavy atom. The van der Waals surface area contributed by atoms with Crippen molar-refractivity contribution < 1.29 is 9.90 Å². The van der Waals surface area contributed by atoms with Gasteiger partial charge in [-0.3, -0.25) is 4.79 Å². The topological polar surface area (TPSA) is 78.9 Å². The van der Waals surface area contributed by atoms with Crippen LogP contribution in [0.2, 0.25) is 0 Å². The minimum absolute atomic E-state index is 0.0554. The van der Waals surface area contributed by atoms with Crippen molar-refractivity contribution in [1.29, 1.82) is 0 Å². The molecule has 0 unspecified atom stereocenters. The highest BCUT2D eigenvalue weighted by molar-refractivity contribution is 7.16. The Morgan fingerprint density at radius 2 is 2.32 bits per heavy atom. The Morgan fingerprint density at radius 1 is 1.42 bits per heavy atom. The van der Waals surface area contributed by atoms with E-state index in [0.717, 1.165) is 26.3 Å². The number of nitrogens with one attached hydrogen (secondary N) is 1. The van der Waals surface area contributed by atoms with Gasteiger partial charge in [0.2, 0.25) is 0 Å². The molecule has 3 rings (SSSR count). The molecule has 3 aromatic heterocycles. The summed E-state index contributed by atoms with van der Waals surface area (Å²) in [5, 5.41) is 11.5. The van der Waals surface area contributed by atoms with Gasteiger partial charge >= 0.3 is 5.97 Å². The third-order valence-corrected chi connectivity index (χ3v) is 4.40. The molecule has 0 bridgehead atoms. The third kappa shape index (κ3) is 2.56. The molecule has 2 N–H and O–H groups in total. The lowest BCUT2D eigenvalue weighted by molar-refractivity contribution is -0.136. The predicted molar refractivity (Wildman–Crippen MR) is 74.3 cm³/mol. The monoisotopic (exact) mass is 291 g/mol. The summed E-state index contributed by atoms with van der Waals surface area (Å²) in [5.41, 5.74) is 0.859. The number of hydrogen-bond donors (Lipinski definition) is 2. The molecule has 3 heterocycles. The zero-order chi connectivity index (χ0) is 13.2. The van der Waals surface area contributed by atoms with Crippen LogP contribution in [0.25, 0.3) is 21.4 Å². The fourth-order valence-corrected chi connectivity index (χ4v) is 3.45. The molecule has 0 aliphatic heterocycles. The number of carboxylic acid groups (broad SMARTS) is 1. The van der Waals surface area contributed by atoms with Gasteiger partial charge in [-0.05, 0) is 12.1 Å². The van der Waals surface area contributed by atoms with Crippen LogP contribution >= 0.6 is 22.7 Å². The van der Waals surface area contributed by atoms with Crippen molar-refractivity contribution in [2.75, 3.05) is 0 Å². The summed E-state index contributed by atoms with van der Waals surface area (Å²) in [4.78, 5) is 24.1. The molecule has 5 nitrogen and oxygen atoms in total. The van der Waals surface area contributed by atoms with E-state index in [0.29, 0.717) is 0 Å². The fourth-order valence-electron chi connectivity index (χ4n) is 1.64. The number of thiophene rings is 1. The lowest BCUT2D eigenvalue weighted by atomic mass is 10.3. The SMILES string of the molecule is O=C(O)Cc1ccc(-c2csc(-c3ncc[nH]3)n2)s1. The zero-order valence-corrected chi connectivity index (χ0v) is 11.3. The first-order chi connectivity index (χ1) is 9.22. The summed E-state index contributed by atoms with van der Waals surface area (Å²) in [5.74, 6) is -0.0680. The Labute approximate surface area is 116 Å². The van der Waals surface area contributed by atoms with Crippen LogP contribution in [-0.4, -0.2) is 26.0 Å². The van der Waals surface area contributed by atoms with E-state index < -0.39 is 5.97 Å². The predicted octanol–water partition coefficient (Wildman–Crippen LogP) is 2.89. The van der Waals surface area contributed by atoms with Crippen LogP contribution in [0.3, 0.4) is 0 Å². The van der Waals surface area contributed by atoms with Gasteiger partial charge in [0.05, 0.1) is 17.0 Å². The molecule has 0 saturated carbocycles. The number of imidazole rings is 1. The molecule has 0 aromatic carbocycles. The van der Waals surface area contributed by atoms with E-state index in [9.17, 15) is 4.79 Å². The van der Waals surface area contributed by atoms with Gasteiger partial charge in [-0.25, -0.2) is 9.97 Å². The zero-order valence-electron chi connectivity index (χ0n) is 9.66. The van der Waals surface area contributed by atoms with Crippen molar-refractivity contribution in [2.45, 2.75) is 6.42 Å². The maximum Gasteiger partial charge on any atom is 0.308 e. The van der Waals surface area contributed by atoms with Gasteiger partial charge in [0, 0.05) is 22.7 Å². The standard InChI is InChI=1S/C12H9N3O2S2/c16-10(17)5-7-1-2-9(19-7)8-6-18-12(15-8)11-13-3-4-14-11/h1-4,6H,5H2,(H,13,14)(H,16,17). The molecular weight excluding hydrogens is 282 g/mol. The third-order valence-electron chi connectivity index (χ3n) is 2.44. The van der Waals surface area contributed by atoms with Crippen molar-refractivity contribution in [3.63, 3.8) is 0 Å². The number of hydrogen-bond acceptors (Lipinski definition) is 5. The quantitative estimate of drug-likeness (QED) is 0.774. The Balaban J connectivity index is 1.86. The summed E-state index contributed by atoms with van der Waals surface area (Å²) < 4.78 is 0. The number of aromatic nitrogens is 3. The van der Waals surface area contributed by atoms with E-state index in [1.165, 1.54) is 22.7 Å². The van der Waals surface area contributed by atoms with Crippen LogP contribution in [0.5, 0.6) is 0 Å². The molecule has 7 heteroatoms. The highest BCUT2D eigenvalue weighted by atomic mass is 32.1. The molecule has 0 atom stereocenters. The maximum absolute atomic E-state index is 10.7. The number of carboxylic acids is 1. The number of aromatic amines is 1. The average molecular weight is 291 g/mol. The van der Waals surface area contributed by atoms with E-state index >= 15 is 0 Å². The average Bonchev–Trinajstić information content (AvgIpc) is 3.09. The minimum atomic E-state index is -0.817. The number of aliphatic carboxylic acids is 1. The van der Waals surface area contributed by atoms with Crippen LogP contribution in [-0.2, 0) is 11.2 Å². The Hall–Kier alpha value is -1.99. The molecule has 0 amide bonds. The first kappa shape index (κ1) is 12.1. The second-order valence-corrected chi connectivity index (χ2v) is 5.84. The number of thiazole rings is 1. The number of rotatable bonds is 4. The molecular formula is C12H9N3O2S2. The fraction of sp³-hybridized carbons (Fsp3) is 0.0833. The number of H-pyrrole nitrogens is 1. The number of nitrogens with zero attached hydrogens (tertiary/aromatic N) is 2. The van der Waals surface area contributed by atoms with Gasteiger partial charge in [0.15, 0.2) is 10.8 Å². The molecule has 96 valence electrons. The van der Waals surface area contributed by atoms with Gasteiger partial charge < -0.3 is 10.1 Å². The van der Waals surface area contributed by atoms with Crippen LogP contribution < -0.4 is 0 Å². The highest BCUT2D eigenvalue weighted by Crippen LogP contribution is 2.31. The summed E-state index contributed by atoms with van der Waals surface area (Å²) in [6.07, 6.45) is 3.50. The normalized spacial score (nSPS) is 10.7. The van der Waals surface area contributed by atoms with E-state index in [1.807, 2.05) is 17.5 Å². The molecule has 0 saturated heterocycles. The van der Waals surface area contributed by atoms with Crippen molar-refractivity contribution in [1.82, 2.24) is 15.0 Å². The van der Waals surface area contributed by atoms with E-state index in [2.05, 4.69) is 15.0 Å². The summed E-state index contributed by atoms with van der Waals surface area (Å²) in [6.45, 7) is 0. The molecule has 0 radical (unpaired) electrons. The second-order valence-electron chi connectivity index (χ2n) is 3.81. The van der Waals surface area contributed by atoms with Gasteiger partial charge in [-0.1, -0.05) is 0 Å². The lowest BCUT2D eigenvalue weighted by Crippen LogP contribution is -1.96. The first-order valence-electron chi connectivity index (χ1n) is 5.48. The minimum Gasteiger partial charge on any atom is -0.481 e. The van der Waals surface area contributed by atoms with Crippen LogP contribution in [0.15, 0.2) is 29.9 Å². The highest BCUT2D eigenvalue weighted by Gasteiger charge is 2.11. The molecule has 0 aliphatic carbocycles. The molecule has 0 spiro atoms. The Kier molecular flexibility index (Phi) is 3.14. The molecule has 3 aromatic rings. The van der Waals surface area contributed by atoms with Gasteiger partial charge in [-0.15, -0.1) is 22.7 Å². The molecule has 0 fully saturated rings. The van der Waals surface area contributed by atoms with Crippen molar-refractivity contribution in [2.24, 2.45) is 0 Å². The smallest absolute Gasteiger partial charge is 0.308 e. The second kappa shape index (κ2) is 4.94. The van der Waals surface area contributed by atoms with Crippen LogP contribution in [0.4, 0.5) is 0 Å². The van der Waals surface area contributed by atoms with E-state index in [1.54, 1.807) is 12.4 Å².